The quantitative estimate of drug-likeness (QED) is 0.724. The van der Waals surface area contributed by atoms with Gasteiger partial charge in [0, 0.05) is 24.2 Å². The van der Waals surface area contributed by atoms with Gasteiger partial charge in [-0.2, -0.15) is 0 Å². The molecule has 3 aromatic rings. The summed E-state index contributed by atoms with van der Waals surface area (Å²) >= 11 is 0. The summed E-state index contributed by atoms with van der Waals surface area (Å²) in [6.45, 7) is 2.86. The number of benzene rings is 1. The summed E-state index contributed by atoms with van der Waals surface area (Å²) in [6, 6.07) is 12.2. The van der Waals surface area contributed by atoms with E-state index >= 15 is 0 Å². The zero-order chi connectivity index (χ0) is 16.2. The molecular formula is C18H20N4O. The van der Waals surface area contributed by atoms with Gasteiger partial charge in [-0.05, 0) is 32.2 Å². The van der Waals surface area contributed by atoms with Crippen LogP contribution in [-0.2, 0) is 6.54 Å². The zero-order valence-electron chi connectivity index (χ0n) is 13.6. The Morgan fingerprint density at radius 3 is 2.78 bits per heavy atom. The van der Waals surface area contributed by atoms with Crippen LogP contribution < -0.4 is 4.74 Å². The molecule has 2 heterocycles. The average molecular weight is 308 g/mol. The molecule has 0 amide bonds. The van der Waals surface area contributed by atoms with Crippen molar-refractivity contribution in [1.82, 2.24) is 19.9 Å². The lowest BCUT2D eigenvalue weighted by atomic mass is 10.1. The molecule has 0 saturated carbocycles. The van der Waals surface area contributed by atoms with Crippen LogP contribution in [0.2, 0.25) is 0 Å². The Balaban J connectivity index is 1.83. The van der Waals surface area contributed by atoms with E-state index in [-0.39, 0.29) is 6.04 Å². The summed E-state index contributed by atoms with van der Waals surface area (Å²) in [6.07, 6.45) is 3.35. The molecule has 0 aliphatic carbocycles. The predicted molar refractivity (Wildman–Crippen MR) is 90.2 cm³/mol. The third kappa shape index (κ3) is 3.29. The number of methoxy groups -OCH3 is 1. The first kappa shape index (κ1) is 15.4. The number of ether oxygens (including phenoxy) is 1. The number of nitrogens with zero attached hydrogens (tertiary/aromatic N) is 4. The first-order chi connectivity index (χ1) is 11.2. The molecule has 0 bridgehead atoms. The Kier molecular flexibility index (Phi) is 4.48. The van der Waals surface area contributed by atoms with Crippen LogP contribution in [0.3, 0.4) is 0 Å². The van der Waals surface area contributed by atoms with Crippen molar-refractivity contribution in [2.45, 2.75) is 19.5 Å². The van der Waals surface area contributed by atoms with Crippen LogP contribution in [0.1, 0.15) is 24.4 Å². The molecule has 5 nitrogen and oxygen atoms in total. The van der Waals surface area contributed by atoms with Crippen LogP contribution in [0.15, 0.2) is 48.9 Å². The number of hydrogen-bond acceptors (Lipinski definition) is 5. The highest BCUT2D eigenvalue weighted by Crippen LogP contribution is 2.24. The van der Waals surface area contributed by atoms with Crippen LogP contribution in [0.5, 0.6) is 5.75 Å². The minimum Gasteiger partial charge on any atom is -0.494 e. The summed E-state index contributed by atoms with van der Waals surface area (Å²) < 4.78 is 5.41. The standard InChI is InChI=1S/C18H20N4O/c1-13(16-9-10-19-12-20-16)22(2)11-15-8-7-14-5-4-6-17(23-3)18(14)21-15/h4-10,12-13H,11H2,1-3H3/t13-/m1/s1. The number of rotatable bonds is 5. The predicted octanol–water partition coefficient (Wildman–Crippen LogP) is 3.23. The molecule has 3 rings (SSSR count). The number of aromatic nitrogens is 3. The molecule has 0 aliphatic rings. The molecular weight excluding hydrogens is 288 g/mol. The minimum absolute atomic E-state index is 0.188. The van der Waals surface area contributed by atoms with Gasteiger partial charge in [0.15, 0.2) is 0 Å². The lowest BCUT2D eigenvalue weighted by Gasteiger charge is -2.23. The van der Waals surface area contributed by atoms with E-state index in [9.17, 15) is 0 Å². The maximum absolute atomic E-state index is 5.41. The van der Waals surface area contributed by atoms with Crippen molar-refractivity contribution >= 4 is 10.9 Å². The molecule has 0 fully saturated rings. The molecule has 1 atom stereocenters. The number of para-hydroxylation sites is 1. The topological polar surface area (TPSA) is 51.1 Å². The summed E-state index contributed by atoms with van der Waals surface area (Å²) in [4.78, 5) is 15.3. The highest BCUT2D eigenvalue weighted by atomic mass is 16.5. The van der Waals surface area contributed by atoms with Gasteiger partial charge in [-0.25, -0.2) is 15.0 Å². The Hall–Kier alpha value is -2.53. The fraction of sp³-hybridized carbons (Fsp3) is 0.278. The van der Waals surface area contributed by atoms with E-state index in [4.69, 9.17) is 9.72 Å². The van der Waals surface area contributed by atoms with Crippen LogP contribution >= 0.6 is 0 Å². The lowest BCUT2D eigenvalue weighted by Crippen LogP contribution is -2.23. The summed E-state index contributed by atoms with van der Waals surface area (Å²) in [5, 5.41) is 1.08. The average Bonchev–Trinajstić information content (AvgIpc) is 2.61. The van der Waals surface area contributed by atoms with Crippen LogP contribution in [-0.4, -0.2) is 34.0 Å². The Morgan fingerprint density at radius 2 is 2.04 bits per heavy atom. The van der Waals surface area contributed by atoms with Gasteiger partial charge in [-0.3, -0.25) is 4.90 Å². The summed E-state index contributed by atoms with van der Waals surface area (Å²) in [5.41, 5.74) is 2.90. The van der Waals surface area contributed by atoms with Gasteiger partial charge in [-0.1, -0.05) is 18.2 Å². The van der Waals surface area contributed by atoms with E-state index in [1.165, 1.54) is 0 Å². The maximum Gasteiger partial charge on any atom is 0.145 e. The molecule has 0 radical (unpaired) electrons. The van der Waals surface area contributed by atoms with Crippen molar-refractivity contribution < 1.29 is 4.74 Å². The van der Waals surface area contributed by atoms with E-state index in [0.29, 0.717) is 0 Å². The number of hydrogen-bond donors (Lipinski definition) is 0. The molecule has 118 valence electrons. The second-order valence-electron chi connectivity index (χ2n) is 5.56. The number of fused-ring (bicyclic) bond motifs is 1. The molecule has 0 spiro atoms. The summed E-state index contributed by atoms with van der Waals surface area (Å²) in [7, 11) is 3.74. The number of pyridine rings is 1. The first-order valence-corrected chi connectivity index (χ1v) is 7.58. The molecule has 1 aromatic carbocycles. The molecule has 0 saturated heterocycles. The largest absolute Gasteiger partial charge is 0.494 e. The van der Waals surface area contributed by atoms with Crippen LogP contribution in [0.25, 0.3) is 10.9 Å². The van der Waals surface area contributed by atoms with Crippen molar-refractivity contribution in [1.29, 1.82) is 0 Å². The minimum atomic E-state index is 0.188. The zero-order valence-corrected chi connectivity index (χ0v) is 13.6. The van der Waals surface area contributed by atoms with Crippen molar-refractivity contribution in [2.75, 3.05) is 14.2 Å². The van der Waals surface area contributed by atoms with E-state index in [1.807, 2.05) is 24.3 Å². The van der Waals surface area contributed by atoms with Gasteiger partial charge in [0.25, 0.3) is 0 Å². The van der Waals surface area contributed by atoms with Crippen molar-refractivity contribution in [3.8, 4) is 5.75 Å². The van der Waals surface area contributed by atoms with E-state index < -0.39 is 0 Å². The Labute approximate surface area is 136 Å². The molecule has 5 heteroatoms. The van der Waals surface area contributed by atoms with Gasteiger partial charge in [0.2, 0.25) is 0 Å². The van der Waals surface area contributed by atoms with Gasteiger partial charge >= 0.3 is 0 Å². The highest BCUT2D eigenvalue weighted by molar-refractivity contribution is 5.84. The second kappa shape index (κ2) is 6.71. The van der Waals surface area contributed by atoms with Crippen LogP contribution in [0, 0.1) is 0 Å². The Morgan fingerprint density at radius 1 is 1.17 bits per heavy atom. The molecule has 23 heavy (non-hydrogen) atoms. The first-order valence-electron chi connectivity index (χ1n) is 7.58. The van der Waals surface area contributed by atoms with Gasteiger partial charge < -0.3 is 4.74 Å². The van der Waals surface area contributed by atoms with Crippen LogP contribution in [0.4, 0.5) is 0 Å². The molecule has 0 N–H and O–H groups in total. The van der Waals surface area contributed by atoms with E-state index in [2.05, 4.69) is 41.0 Å². The van der Waals surface area contributed by atoms with Gasteiger partial charge in [0.05, 0.1) is 18.5 Å². The normalized spacial score (nSPS) is 12.5. The SMILES string of the molecule is COc1cccc2ccc(CN(C)[C@H](C)c3ccncn3)nc12. The third-order valence-electron chi connectivity index (χ3n) is 4.07. The highest BCUT2D eigenvalue weighted by Gasteiger charge is 2.14. The molecule has 2 aromatic heterocycles. The van der Waals surface area contributed by atoms with Crippen molar-refractivity contribution in [3.63, 3.8) is 0 Å². The van der Waals surface area contributed by atoms with Crippen molar-refractivity contribution in [2.24, 2.45) is 0 Å². The second-order valence-corrected chi connectivity index (χ2v) is 5.56. The van der Waals surface area contributed by atoms with E-state index in [1.54, 1.807) is 19.6 Å². The smallest absolute Gasteiger partial charge is 0.145 e. The maximum atomic E-state index is 5.41. The fourth-order valence-corrected chi connectivity index (χ4v) is 2.58. The summed E-state index contributed by atoms with van der Waals surface area (Å²) in [5.74, 6) is 0.802. The monoisotopic (exact) mass is 308 g/mol. The Bertz CT molecular complexity index is 791. The molecule has 0 aliphatic heterocycles. The van der Waals surface area contributed by atoms with Gasteiger partial charge in [-0.15, -0.1) is 0 Å². The van der Waals surface area contributed by atoms with Crippen molar-refractivity contribution in [3.05, 3.63) is 60.3 Å². The third-order valence-corrected chi connectivity index (χ3v) is 4.07. The lowest BCUT2D eigenvalue weighted by molar-refractivity contribution is 0.246. The molecule has 0 unspecified atom stereocenters. The van der Waals surface area contributed by atoms with E-state index in [0.717, 1.165) is 34.6 Å². The fourth-order valence-electron chi connectivity index (χ4n) is 2.58. The van der Waals surface area contributed by atoms with Gasteiger partial charge in [0.1, 0.15) is 17.6 Å².